The Labute approximate surface area is 86.7 Å². The van der Waals surface area contributed by atoms with Crippen LogP contribution in [0.2, 0.25) is 0 Å². The molecule has 0 unspecified atom stereocenters. The van der Waals surface area contributed by atoms with Gasteiger partial charge in [-0.15, -0.1) is 0 Å². The van der Waals surface area contributed by atoms with E-state index in [4.69, 9.17) is 8.97 Å². The predicted octanol–water partition coefficient (Wildman–Crippen LogP) is 0.812. The molecule has 1 N–H and O–H groups in total. The van der Waals surface area contributed by atoms with Gasteiger partial charge in [0.1, 0.15) is 11.9 Å². The van der Waals surface area contributed by atoms with Crippen molar-refractivity contribution in [3.05, 3.63) is 24.1 Å². The summed E-state index contributed by atoms with van der Waals surface area (Å²) in [4.78, 5) is -0.133. The molecule has 0 fully saturated rings. The average Bonchev–Trinajstić information content (AvgIpc) is 2.41. The normalized spacial score (nSPS) is 12.2. The van der Waals surface area contributed by atoms with Gasteiger partial charge in [0.05, 0.1) is 6.92 Å². The first kappa shape index (κ1) is 10.1. The van der Waals surface area contributed by atoms with E-state index < -0.39 is 10.1 Å². The Kier molecular flexibility index (Phi) is 2.06. The van der Waals surface area contributed by atoms with Crippen molar-refractivity contribution in [3.63, 3.8) is 0 Å². The number of rotatable bonds is 1. The molecule has 1 heterocycles. The maximum Gasteiger partial charge on any atom is 0.344 e. The highest BCUT2D eigenvalue weighted by Gasteiger charge is 2.18. The minimum Gasteiger partial charge on any atom is -0.402 e. The van der Waals surface area contributed by atoms with Crippen molar-refractivity contribution in [3.8, 4) is 0 Å². The van der Waals surface area contributed by atoms with Gasteiger partial charge in [0.15, 0.2) is 0 Å². The molecule has 0 radical (unpaired) electrons. The summed E-state index contributed by atoms with van der Waals surface area (Å²) in [6.07, 6.45) is 0. The van der Waals surface area contributed by atoms with Crippen LogP contribution >= 0.6 is 0 Å². The first-order valence-corrected chi connectivity index (χ1v) is 5.70. The molecule has 0 aliphatic carbocycles. The third-order valence-corrected chi connectivity index (χ3v) is 3.17. The third-order valence-electron chi connectivity index (χ3n) is 2.32. The molecule has 0 atom stereocenters. The molecule has 80 valence electrons. The molecule has 0 spiro atoms. The Balaban J connectivity index is 2.81. The number of hydrogen-bond donors (Lipinski definition) is 1. The average molecular weight is 228 g/mol. The maximum absolute atomic E-state index is 10.9. The minimum atomic E-state index is -4.16. The number of oxazole rings is 1. The highest BCUT2D eigenvalue weighted by Crippen LogP contribution is 2.17. The quantitative estimate of drug-likeness (QED) is 0.579. The lowest BCUT2D eigenvalue weighted by Gasteiger charge is -1.93. The van der Waals surface area contributed by atoms with E-state index in [1.54, 1.807) is 18.5 Å². The number of aryl methyl sites for hydroxylation is 2. The Morgan fingerprint density at radius 3 is 2.67 bits per heavy atom. The van der Waals surface area contributed by atoms with E-state index >= 15 is 0 Å². The van der Waals surface area contributed by atoms with E-state index in [1.165, 1.54) is 18.2 Å². The minimum absolute atomic E-state index is 0.133. The van der Waals surface area contributed by atoms with E-state index in [0.29, 0.717) is 17.0 Å². The predicted molar refractivity (Wildman–Crippen MR) is 51.9 cm³/mol. The summed E-state index contributed by atoms with van der Waals surface area (Å²) >= 11 is 0. The van der Waals surface area contributed by atoms with Gasteiger partial charge in [0, 0.05) is 6.07 Å². The largest absolute Gasteiger partial charge is 0.402 e. The lowest BCUT2D eigenvalue weighted by atomic mass is 10.3. The van der Waals surface area contributed by atoms with Gasteiger partial charge in [-0.05, 0) is 12.1 Å². The summed E-state index contributed by atoms with van der Waals surface area (Å²) in [5.41, 5.74) is 1.21. The van der Waals surface area contributed by atoms with Crippen LogP contribution in [0.4, 0.5) is 0 Å². The Hall–Kier alpha value is -1.40. The molecule has 1 aromatic carbocycles. The van der Waals surface area contributed by atoms with Crippen LogP contribution in [-0.2, 0) is 17.2 Å². The van der Waals surface area contributed by atoms with Gasteiger partial charge >= 0.3 is 5.89 Å². The lowest BCUT2D eigenvalue weighted by Crippen LogP contribution is -2.29. The van der Waals surface area contributed by atoms with Gasteiger partial charge in [-0.2, -0.15) is 13.0 Å². The molecule has 6 heteroatoms. The summed E-state index contributed by atoms with van der Waals surface area (Å²) in [6, 6.07) is 4.20. The zero-order chi connectivity index (χ0) is 11.2. The molecular formula is C9H10NO4S+. The molecule has 0 saturated carbocycles. The second-order valence-electron chi connectivity index (χ2n) is 3.28. The van der Waals surface area contributed by atoms with Crippen molar-refractivity contribution >= 4 is 21.2 Å². The molecule has 2 aromatic rings. The van der Waals surface area contributed by atoms with E-state index in [1.807, 2.05) is 0 Å². The summed E-state index contributed by atoms with van der Waals surface area (Å²) < 4.78 is 37.8. The smallest absolute Gasteiger partial charge is 0.344 e. The summed E-state index contributed by atoms with van der Waals surface area (Å²) in [5, 5.41) is 0. The standard InChI is InChI=1S/C9H9NO4S/c1-6-10(2)8-5-7(15(11,12)13)3-4-9(8)14-6/h3-5H,1-2H3/p+1. The number of fused-ring (bicyclic) bond motifs is 1. The van der Waals surface area contributed by atoms with Crippen molar-refractivity contribution in [1.29, 1.82) is 0 Å². The highest BCUT2D eigenvalue weighted by atomic mass is 32.2. The molecule has 1 aromatic heterocycles. The van der Waals surface area contributed by atoms with Crippen LogP contribution in [0.3, 0.4) is 0 Å². The second kappa shape index (κ2) is 3.04. The first-order valence-electron chi connectivity index (χ1n) is 4.26. The Morgan fingerprint density at radius 1 is 1.40 bits per heavy atom. The molecule has 0 aliphatic heterocycles. The van der Waals surface area contributed by atoms with Gasteiger partial charge in [0.25, 0.3) is 15.6 Å². The number of aromatic nitrogens is 1. The van der Waals surface area contributed by atoms with Crippen LogP contribution < -0.4 is 4.57 Å². The van der Waals surface area contributed by atoms with Crippen LogP contribution in [0, 0.1) is 6.92 Å². The van der Waals surface area contributed by atoms with Crippen LogP contribution in [0.1, 0.15) is 5.89 Å². The fraction of sp³-hybridized carbons (Fsp3) is 0.222. The first-order chi connectivity index (χ1) is 6.89. The molecule has 0 aliphatic rings. The van der Waals surface area contributed by atoms with Crippen LogP contribution in [0.5, 0.6) is 0 Å². The van der Waals surface area contributed by atoms with E-state index in [-0.39, 0.29) is 4.90 Å². The van der Waals surface area contributed by atoms with Crippen molar-refractivity contribution < 1.29 is 22.0 Å². The molecule has 2 rings (SSSR count). The molecule has 5 nitrogen and oxygen atoms in total. The van der Waals surface area contributed by atoms with Crippen LogP contribution in [0.15, 0.2) is 27.5 Å². The fourth-order valence-corrected chi connectivity index (χ4v) is 1.90. The third kappa shape index (κ3) is 1.62. The van der Waals surface area contributed by atoms with Crippen LogP contribution in [0.25, 0.3) is 11.1 Å². The summed E-state index contributed by atoms with van der Waals surface area (Å²) in [6.45, 7) is 1.77. The molecule has 15 heavy (non-hydrogen) atoms. The van der Waals surface area contributed by atoms with Crippen LogP contribution in [-0.4, -0.2) is 13.0 Å². The zero-order valence-electron chi connectivity index (χ0n) is 8.26. The van der Waals surface area contributed by atoms with E-state index in [0.717, 1.165) is 0 Å². The molecule has 0 amide bonds. The number of benzene rings is 1. The van der Waals surface area contributed by atoms with Gasteiger partial charge < -0.3 is 4.42 Å². The highest BCUT2D eigenvalue weighted by molar-refractivity contribution is 7.85. The Morgan fingerprint density at radius 2 is 2.07 bits per heavy atom. The van der Waals surface area contributed by atoms with Crippen molar-refractivity contribution in [2.45, 2.75) is 11.8 Å². The SMILES string of the molecule is Cc1oc2ccc(S(=O)(=O)O)cc2[n+]1C. The van der Waals surface area contributed by atoms with Gasteiger partial charge in [-0.1, -0.05) is 0 Å². The maximum atomic E-state index is 10.9. The van der Waals surface area contributed by atoms with Crippen molar-refractivity contribution in [1.82, 2.24) is 0 Å². The second-order valence-corrected chi connectivity index (χ2v) is 4.71. The van der Waals surface area contributed by atoms with Gasteiger partial charge in [-0.3, -0.25) is 4.55 Å². The fourth-order valence-electron chi connectivity index (χ4n) is 1.40. The zero-order valence-corrected chi connectivity index (χ0v) is 9.08. The van der Waals surface area contributed by atoms with Crippen molar-refractivity contribution in [2.75, 3.05) is 0 Å². The summed E-state index contributed by atoms with van der Waals surface area (Å²) in [7, 11) is -2.40. The number of hydrogen-bond acceptors (Lipinski definition) is 3. The van der Waals surface area contributed by atoms with Crippen molar-refractivity contribution in [2.24, 2.45) is 7.05 Å². The summed E-state index contributed by atoms with van der Waals surface area (Å²) in [5.74, 6) is 0.664. The molecule has 0 bridgehead atoms. The number of nitrogens with zero attached hydrogens (tertiary/aromatic N) is 1. The van der Waals surface area contributed by atoms with Gasteiger partial charge in [-0.25, -0.2) is 0 Å². The topological polar surface area (TPSA) is 71.4 Å². The monoisotopic (exact) mass is 228 g/mol. The van der Waals surface area contributed by atoms with Gasteiger partial charge in [0.2, 0.25) is 5.58 Å². The Bertz CT molecular complexity index is 627. The molecule has 0 saturated heterocycles. The van der Waals surface area contributed by atoms with E-state index in [9.17, 15) is 8.42 Å². The lowest BCUT2D eigenvalue weighted by molar-refractivity contribution is -0.657. The molecular weight excluding hydrogens is 218 g/mol. The van der Waals surface area contributed by atoms with E-state index in [2.05, 4.69) is 0 Å².